The van der Waals surface area contributed by atoms with E-state index in [4.69, 9.17) is 4.42 Å². The second-order valence-electron chi connectivity index (χ2n) is 4.65. The molecule has 0 saturated carbocycles. The zero-order valence-electron chi connectivity index (χ0n) is 11.5. The number of nitrogens with zero attached hydrogens (tertiary/aromatic N) is 3. The number of pyridine rings is 1. The first kappa shape index (κ1) is 12.9. The Kier molecular flexibility index (Phi) is 3.25. The summed E-state index contributed by atoms with van der Waals surface area (Å²) >= 11 is 1.53. The van der Waals surface area contributed by atoms with Gasteiger partial charge < -0.3 is 4.42 Å². The molecule has 3 heterocycles. The maximum absolute atomic E-state index is 5.82. The smallest absolute Gasteiger partial charge is 0.246 e. The predicted octanol–water partition coefficient (Wildman–Crippen LogP) is 4.53. The van der Waals surface area contributed by atoms with E-state index >= 15 is 0 Å². The molecule has 4 nitrogen and oxygen atoms in total. The standard InChI is InChI=1S/C17H11N3OS/c1-2-6-12(7-3-1)15-10-19-16(21-15)14-11-22-17(20-14)13-8-4-5-9-18-13/h1-11H. The van der Waals surface area contributed by atoms with Gasteiger partial charge in [-0.15, -0.1) is 11.3 Å². The van der Waals surface area contributed by atoms with Crippen LogP contribution in [0.5, 0.6) is 0 Å². The van der Waals surface area contributed by atoms with Crippen molar-refractivity contribution >= 4 is 11.3 Å². The van der Waals surface area contributed by atoms with E-state index in [1.54, 1.807) is 12.4 Å². The molecular weight excluding hydrogens is 294 g/mol. The topological polar surface area (TPSA) is 51.8 Å². The van der Waals surface area contributed by atoms with Crippen LogP contribution in [0.3, 0.4) is 0 Å². The van der Waals surface area contributed by atoms with E-state index in [1.165, 1.54) is 11.3 Å². The van der Waals surface area contributed by atoms with Crippen molar-refractivity contribution in [2.75, 3.05) is 0 Å². The first-order chi connectivity index (χ1) is 10.9. The van der Waals surface area contributed by atoms with E-state index in [0.29, 0.717) is 5.89 Å². The Balaban J connectivity index is 1.66. The lowest BCUT2D eigenvalue weighted by Gasteiger charge is -1.94. The van der Waals surface area contributed by atoms with Crippen LogP contribution in [0.25, 0.3) is 33.6 Å². The second kappa shape index (κ2) is 5.54. The molecule has 1 aromatic carbocycles. The molecule has 4 aromatic rings. The Labute approximate surface area is 131 Å². The number of benzene rings is 1. The van der Waals surface area contributed by atoms with Crippen LogP contribution < -0.4 is 0 Å². The Morgan fingerprint density at radius 3 is 2.55 bits per heavy atom. The molecule has 0 radical (unpaired) electrons. The molecule has 0 atom stereocenters. The van der Waals surface area contributed by atoms with Crippen LogP contribution in [-0.4, -0.2) is 15.0 Å². The highest BCUT2D eigenvalue weighted by Crippen LogP contribution is 2.29. The van der Waals surface area contributed by atoms with Crippen LogP contribution >= 0.6 is 11.3 Å². The minimum Gasteiger partial charge on any atom is -0.435 e. The van der Waals surface area contributed by atoms with Gasteiger partial charge in [0.1, 0.15) is 10.7 Å². The summed E-state index contributed by atoms with van der Waals surface area (Å²) in [6.07, 6.45) is 3.49. The van der Waals surface area contributed by atoms with Crippen molar-refractivity contribution in [3.05, 3.63) is 66.3 Å². The molecule has 0 amide bonds. The fourth-order valence-electron chi connectivity index (χ4n) is 2.11. The minimum atomic E-state index is 0.525. The molecule has 0 aliphatic carbocycles. The zero-order valence-corrected chi connectivity index (χ0v) is 12.3. The van der Waals surface area contributed by atoms with Gasteiger partial charge in [-0.25, -0.2) is 9.97 Å². The Morgan fingerprint density at radius 2 is 1.73 bits per heavy atom. The van der Waals surface area contributed by atoms with E-state index in [9.17, 15) is 0 Å². The van der Waals surface area contributed by atoms with Gasteiger partial charge in [0.15, 0.2) is 5.76 Å². The van der Waals surface area contributed by atoms with Crippen LogP contribution in [0.1, 0.15) is 0 Å². The van der Waals surface area contributed by atoms with Crippen molar-refractivity contribution in [1.29, 1.82) is 0 Å². The van der Waals surface area contributed by atoms with Gasteiger partial charge in [0, 0.05) is 17.1 Å². The van der Waals surface area contributed by atoms with Crippen LogP contribution in [-0.2, 0) is 0 Å². The molecule has 3 aromatic heterocycles. The molecule has 0 aliphatic rings. The van der Waals surface area contributed by atoms with Crippen LogP contribution in [0.15, 0.2) is 70.7 Å². The Morgan fingerprint density at radius 1 is 0.864 bits per heavy atom. The van der Waals surface area contributed by atoms with Gasteiger partial charge in [0.2, 0.25) is 5.89 Å². The van der Waals surface area contributed by atoms with Crippen molar-refractivity contribution < 1.29 is 4.42 Å². The minimum absolute atomic E-state index is 0.525. The third kappa shape index (κ3) is 2.42. The summed E-state index contributed by atoms with van der Waals surface area (Å²) in [6, 6.07) is 15.7. The quantitative estimate of drug-likeness (QED) is 0.558. The molecule has 0 aliphatic heterocycles. The summed E-state index contributed by atoms with van der Waals surface area (Å²) in [5.74, 6) is 1.26. The normalized spacial score (nSPS) is 10.7. The summed E-state index contributed by atoms with van der Waals surface area (Å²) in [4.78, 5) is 13.2. The highest BCUT2D eigenvalue weighted by atomic mass is 32.1. The largest absolute Gasteiger partial charge is 0.435 e. The maximum atomic E-state index is 5.82. The highest BCUT2D eigenvalue weighted by Gasteiger charge is 2.13. The lowest BCUT2D eigenvalue weighted by molar-refractivity contribution is 0.587. The molecule has 5 heteroatoms. The maximum Gasteiger partial charge on any atom is 0.246 e. The fraction of sp³-hybridized carbons (Fsp3) is 0. The van der Waals surface area contributed by atoms with Gasteiger partial charge in [0.05, 0.1) is 11.9 Å². The number of thiazole rings is 1. The molecule has 0 saturated heterocycles. The van der Waals surface area contributed by atoms with Gasteiger partial charge in [-0.2, -0.15) is 0 Å². The second-order valence-corrected chi connectivity index (χ2v) is 5.51. The van der Waals surface area contributed by atoms with Gasteiger partial charge in [-0.05, 0) is 12.1 Å². The predicted molar refractivity (Wildman–Crippen MR) is 86.3 cm³/mol. The van der Waals surface area contributed by atoms with Gasteiger partial charge in [-0.1, -0.05) is 36.4 Å². The lowest BCUT2D eigenvalue weighted by Crippen LogP contribution is -1.81. The first-order valence-corrected chi connectivity index (χ1v) is 7.67. The summed E-state index contributed by atoms with van der Waals surface area (Å²) < 4.78 is 5.82. The Bertz CT molecular complexity index is 809. The van der Waals surface area contributed by atoms with E-state index < -0.39 is 0 Å². The number of rotatable bonds is 3. The molecule has 22 heavy (non-hydrogen) atoms. The van der Waals surface area contributed by atoms with Crippen molar-refractivity contribution in [1.82, 2.24) is 15.0 Å². The van der Waals surface area contributed by atoms with Gasteiger partial charge >= 0.3 is 0 Å². The summed E-state index contributed by atoms with van der Waals surface area (Å²) in [7, 11) is 0. The fourth-order valence-corrected chi connectivity index (χ4v) is 2.88. The van der Waals surface area contributed by atoms with E-state index in [2.05, 4.69) is 15.0 Å². The average Bonchev–Trinajstić information content (AvgIpc) is 3.26. The van der Waals surface area contributed by atoms with Crippen LogP contribution in [0.4, 0.5) is 0 Å². The van der Waals surface area contributed by atoms with Gasteiger partial charge in [0.25, 0.3) is 0 Å². The monoisotopic (exact) mass is 305 g/mol. The summed E-state index contributed by atoms with van der Waals surface area (Å²) in [5.41, 5.74) is 2.59. The van der Waals surface area contributed by atoms with Crippen LogP contribution in [0, 0.1) is 0 Å². The number of hydrogen-bond acceptors (Lipinski definition) is 5. The molecule has 0 spiro atoms. The van der Waals surface area contributed by atoms with Crippen molar-refractivity contribution in [2.24, 2.45) is 0 Å². The number of hydrogen-bond donors (Lipinski definition) is 0. The molecular formula is C17H11N3OS. The van der Waals surface area contributed by atoms with Gasteiger partial charge in [-0.3, -0.25) is 4.98 Å². The summed E-state index contributed by atoms with van der Waals surface area (Å²) in [5, 5.41) is 2.79. The number of oxazole rings is 1. The third-order valence-electron chi connectivity index (χ3n) is 3.17. The SMILES string of the molecule is c1ccc(-c2cnc(-c3csc(-c4ccccn4)n3)o2)cc1. The van der Waals surface area contributed by atoms with Crippen molar-refractivity contribution in [2.45, 2.75) is 0 Å². The average molecular weight is 305 g/mol. The highest BCUT2D eigenvalue weighted by molar-refractivity contribution is 7.13. The number of aromatic nitrogens is 3. The lowest BCUT2D eigenvalue weighted by atomic mass is 10.2. The first-order valence-electron chi connectivity index (χ1n) is 6.79. The van der Waals surface area contributed by atoms with E-state index in [0.717, 1.165) is 27.7 Å². The molecule has 106 valence electrons. The Hall–Kier alpha value is -2.79. The molecule has 0 N–H and O–H groups in total. The summed E-state index contributed by atoms with van der Waals surface area (Å²) in [6.45, 7) is 0. The van der Waals surface area contributed by atoms with E-state index in [1.807, 2.05) is 53.9 Å². The molecule has 0 bridgehead atoms. The van der Waals surface area contributed by atoms with Crippen LogP contribution in [0.2, 0.25) is 0 Å². The van der Waals surface area contributed by atoms with Crippen molar-refractivity contribution in [3.8, 4) is 33.6 Å². The zero-order chi connectivity index (χ0) is 14.8. The van der Waals surface area contributed by atoms with E-state index in [-0.39, 0.29) is 0 Å². The van der Waals surface area contributed by atoms with Crippen molar-refractivity contribution in [3.63, 3.8) is 0 Å². The molecule has 0 fully saturated rings. The molecule has 4 rings (SSSR count). The third-order valence-corrected chi connectivity index (χ3v) is 4.04. The molecule has 0 unspecified atom stereocenters.